The first kappa shape index (κ1) is 14.8. The highest BCUT2D eigenvalue weighted by atomic mass is 35.5. The van der Waals surface area contributed by atoms with Gasteiger partial charge >= 0.3 is 0 Å². The van der Waals surface area contributed by atoms with E-state index in [1.165, 1.54) is 6.42 Å². The molecule has 4 heteroatoms. The summed E-state index contributed by atoms with van der Waals surface area (Å²) >= 11 is 11.9. The van der Waals surface area contributed by atoms with Gasteiger partial charge in [-0.25, -0.2) is 0 Å². The van der Waals surface area contributed by atoms with Crippen molar-refractivity contribution in [2.75, 3.05) is 13.1 Å². The lowest BCUT2D eigenvalue weighted by Crippen LogP contribution is -2.52. The zero-order chi connectivity index (χ0) is 14.0. The minimum Gasteiger partial charge on any atom is -0.292 e. The van der Waals surface area contributed by atoms with Crippen molar-refractivity contribution in [1.82, 2.24) is 4.90 Å². The standard InChI is InChI=1S/C15H19Cl2NO/c1-15(2,18-8-4-3-5-9-18)14(19)11-6-7-12(16)13(17)10-11/h6-7,10H,3-5,8-9H2,1-2H3. The average Bonchev–Trinajstić information content (AvgIpc) is 2.42. The molecule has 1 aliphatic rings. The van der Waals surface area contributed by atoms with Crippen molar-refractivity contribution in [3.8, 4) is 0 Å². The number of nitrogens with zero attached hydrogens (tertiary/aromatic N) is 1. The molecule has 0 N–H and O–H groups in total. The van der Waals surface area contributed by atoms with Gasteiger partial charge in [0.05, 0.1) is 15.6 Å². The Morgan fingerprint density at radius 1 is 1.11 bits per heavy atom. The molecule has 0 spiro atoms. The molecule has 0 aromatic heterocycles. The van der Waals surface area contributed by atoms with E-state index in [9.17, 15) is 4.79 Å². The second-order valence-electron chi connectivity index (χ2n) is 5.56. The molecule has 0 atom stereocenters. The van der Waals surface area contributed by atoms with E-state index < -0.39 is 5.54 Å². The molecule has 0 bridgehead atoms. The van der Waals surface area contributed by atoms with Crippen LogP contribution in [0.2, 0.25) is 10.0 Å². The van der Waals surface area contributed by atoms with E-state index in [4.69, 9.17) is 23.2 Å². The lowest BCUT2D eigenvalue weighted by atomic mass is 9.89. The molecule has 1 aliphatic heterocycles. The van der Waals surface area contributed by atoms with Gasteiger partial charge in [-0.2, -0.15) is 0 Å². The van der Waals surface area contributed by atoms with Crippen LogP contribution in [0, 0.1) is 0 Å². The molecule has 0 aliphatic carbocycles. The predicted octanol–water partition coefficient (Wildman–Crippen LogP) is 4.44. The van der Waals surface area contributed by atoms with Crippen LogP contribution >= 0.6 is 23.2 Å². The van der Waals surface area contributed by atoms with Crippen LogP contribution < -0.4 is 0 Å². The van der Waals surface area contributed by atoms with E-state index in [-0.39, 0.29) is 5.78 Å². The highest BCUT2D eigenvalue weighted by molar-refractivity contribution is 6.42. The third-order valence-corrected chi connectivity index (χ3v) is 4.62. The van der Waals surface area contributed by atoms with Crippen molar-refractivity contribution in [3.63, 3.8) is 0 Å². The van der Waals surface area contributed by atoms with Crippen LogP contribution in [0.25, 0.3) is 0 Å². The number of likely N-dealkylation sites (tertiary alicyclic amines) is 1. The lowest BCUT2D eigenvalue weighted by molar-refractivity contribution is 0.0579. The van der Waals surface area contributed by atoms with Gasteiger partial charge < -0.3 is 0 Å². The van der Waals surface area contributed by atoms with Crippen molar-refractivity contribution in [2.24, 2.45) is 0 Å². The molecule has 2 rings (SSSR count). The van der Waals surface area contributed by atoms with Crippen molar-refractivity contribution in [1.29, 1.82) is 0 Å². The largest absolute Gasteiger partial charge is 0.292 e. The summed E-state index contributed by atoms with van der Waals surface area (Å²) in [5.41, 5.74) is 0.141. The minimum atomic E-state index is -0.489. The number of halogens is 2. The fourth-order valence-electron chi connectivity index (χ4n) is 2.59. The Kier molecular flexibility index (Phi) is 4.54. The topological polar surface area (TPSA) is 20.3 Å². The molecule has 1 fully saturated rings. The molecule has 104 valence electrons. The van der Waals surface area contributed by atoms with Crippen LogP contribution in [0.4, 0.5) is 0 Å². The summed E-state index contributed by atoms with van der Waals surface area (Å²) < 4.78 is 0. The zero-order valence-corrected chi connectivity index (χ0v) is 12.9. The second-order valence-corrected chi connectivity index (χ2v) is 6.38. The number of hydrogen-bond donors (Lipinski definition) is 0. The smallest absolute Gasteiger partial charge is 0.182 e. The molecule has 1 aromatic carbocycles. The molecule has 1 heterocycles. The summed E-state index contributed by atoms with van der Waals surface area (Å²) in [5, 5.41) is 0.913. The molecule has 19 heavy (non-hydrogen) atoms. The maximum atomic E-state index is 12.7. The van der Waals surface area contributed by atoms with Gasteiger partial charge in [-0.05, 0) is 58.0 Å². The summed E-state index contributed by atoms with van der Waals surface area (Å²) in [5.74, 6) is 0.105. The summed E-state index contributed by atoms with van der Waals surface area (Å²) in [6.45, 7) is 5.95. The van der Waals surface area contributed by atoms with Crippen LogP contribution in [0.1, 0.15) is 43.5 Å². The summed E-state index contributed by atoms with van der Waals surface area (Å²) in [4.78, 5) is 15.0. The SMILES string of the molecule is CC(C)(C(=O)c1ccc(Cl)c(Cl)c1)N1CCCCC1. The van der Waals surface area contributed by atoms with E-state index >= 15 is 0 Å². The molecular formula is C15H19Cl2NO. The van der Waals surface area contributed by atoms with Crippen molar-refractivity contribution in [2.45, 2.75) is 38.6 Å². The third kappa shape index (κ3) is 3.13. The van der Waals surface area contributed by atoms with E-state index in [2.05, 4.69) is 4.90 Å². The monoisotopic (exact) mass is 299 g/mol. The molecule has 1 saturated heterocycles. The maximum Gasteiger partial charge on any atom is 0.182 e. The molecule has 0 radical (unpaired) electrons. The van der Waals surface area contributed by atoms with E-state index in [0.29, 0.717) is 15.6 Å². The minimum absolute atomic E-state index is 0.105. The van der Waals surface area contributed by atoms with E-state index in [1.807, 2.05) is 13.8 Å². The number of carbonyl (C=O) groups is 1. The number of piperidine rings is 1. The van der Waals surface area contributed by atoms with Gasteiger partial charge in [0.2, 0.25) is 0 Å². The van der Waals surface area contributed by atoms with Gasteiger partial charge in [0, 0.05) is 5.56 Å². The van der Waals surface area contributed by atoms with Crippen molar-refractivity contribution < 1.29 is 4.79 Å². The Hall–Kier alpha value is -0.570. The van der Waals surface area contributed by atoms with Crippen LogP contribution in [0.3, 0.4) is 0 Å². The Balaban J connectivity index is 2.23. The molecule has 1 aromatic rings. The normalized spacial score (nSPS) is 17.5. The second kappa shape index (κ2) is 5.82. The Morgan fingerprint density at radius 3 is 2.32 bits per heavy atom. The van der Waals surface area contributed by atoms with Gasteiger partial charge in [0.25, 0.3) is 0 Å². The highest BCUT2D eigenvalue weighted by Gasteiger charge is 2.35. The van der Waals surface area contributed by atoms with E-state index in [1.54, 1.807) is 18.2 Å². The fraction of sp³-hybridized carbons (Fsp3) is 0.533. The highest BCUT2D eigenvalue weighted by Crippen LogP contribution is 2.28. The van der Waals surface area contributed by atoms with Crippen LogP contribution in [0.15, 0.2) is 18.2 Å². The quantitative estimate of drug-likeness (QED) is 0.769. The van der Waals surface area contributed by atoms with Crippen molar-refractivity contribution in [3.05, 3.63) is 33.8 Å². The number of Topliss-reactive ketones (excluding diaryl/α,β-unsaturated/α-hetero) is 1. The maximum absolute atomic E-state index is 12.7. The first-order chi connectivity index (χ1) is 8.93. The summed E-state index contributed by atoms with van der Waals surface area (Å²) in [6.07, 6.45) is 3.59. The van der Waals surface area contributed by atoms with Gasteiger partial charge in [-0.15, -0.1) is 0 Å². The predicted molar refractivity (Wildman–Crippen MR) is 80.3 cm³/mol. The number of rotatable bonds is 3. The van der Waals surface area contributed by atoms with Gasteiger partial charge in [0.15, 0.2) is 5.78 Å². The van der Waals surface area contributed by atoms with E-state index in [0.717, 1.165) is 25.9 Å². The van der Waals surface area contributed by atoms with Gasteiger partial charge in [-0.3, -0.25) is 9.69 Å². The molecular weight excluding hydrogens is 281 g/mol. The lowest BCUT2D eigenvalue weighted by Gasteiger charge is -2.39. The fourth-order valence-corrected chi connectivity index (χ4v) is 2.89. The molecule has 0 unspecified atom stereocenters. The zero-order valence-electron chi connectivity index (χ0n) is 11.4. The Labute approximate surface area is 124 Å². The van der Waals surface area contributed by atoms with Crippen LogP contribution in [0.5, 0.6) is 0 Å². The number of hydrogen-bond acceptors (Lipinski definition) is 2. The summed E-state index contributed by atoms with van der Waals surface area (Å²) in [7, 11) is 0. The summed E-state index contributed by atoms with van der Waals surface area (Å²) in [6, 6.07) is 5.10. The van der Waals surface area contributed by atoms with Crippen LogP contribution in [-0.2, 0) is 0 Å². The van der Waals surface area contributed by atoms with Crippen molar-refractivity contribution >= 4 is 29.0 Å². The first-order valence-corrected chi connectivity index (χ1v) is 7.43. The molecule has 0 amide bonds. The van der Waals surface area contributed by atoms with Gasteiger partial charge in [0.1, 0.15) is 0 Å². The van der Waals surface area contributed by atoms with Crippen LogP contribution in [-0.4, -0.2) is 29.3 Å². The van der Waals surface area contributed by atoms with Gasteiger partial charge in [-0.1, -0.05) is 29.6 Å². The first-order valence-electron chi connectivity index (χ1n) is 6.68. The number of carbonyl (C=O) groups excluding carboxylic acids is 1. The Morgan fingerprint density at radius 2 is 1.74 bits per heavy atom. The number of ketones is 1. The molecule has 2 nitrogen and oxygen atoms in total. The number of benzene rings is 1. The molecule has 0 saturated carbocycles. The average molecular weight is 300 g/mol. The third-order valence-electron chi connectivity index (χ3n) is 3.88. The Bertz CT molecular complexity index is 479.